The second-order valence-electron chi connectivity index (χ2n) is 6.38. The maximum absolute atomic E-state index is 12.6. The van der Waals surface area contributed by atoms with Crippen LogP contribution in [0.2, 0.25) is 0 Å². The topological polar surface area (TPSA) is 87.0 Å². The van der Waals surface area contributed by atoms with E-state index in [4.69, 9.17) is 5.73 Å². The van der Waals surface area contributed by atoms with Crippen molar-refractivity contribution in [1.82, 2.24) is 14.1 Å². The molecule has 0 bridgehead atoms. The molecule has 1 heterocycles. The minimum absolute atomic E-state index is 0.0427. The molecule has 1 amide bonds. The Labute approximate surface area is 150 Å². The number of carbonyl (C=O) groups is 1. The summed E-state index contributed by atoms with van der Waals surface area (Å²) in [5.74, 6) is 0.0427. The van der Waals surface area contributed by atoms with Crippen molar-refractivity contribution in [2.45, 2.75) is 13.0 Å². The van der Waals surface area contributed by atoms with Crippen LogP contribution in [0, 0.1) is 0 Å². The summed E-state index contributed by atoms with van der Waals surface area (Å²) in [5.41, 5.74) is 6.78. The first-order valence-electron chi connectivity index (χ1n) is 8.59. The van der Waals surface area contributed by atoms with Crippen LogP contribution in [0.15, 0.2) is 30.3 Å². The molecule has 1 aliphatic heterocycles. The third-order valence-corrected chi connectivity index (χ3v) is 5.65. The predicted molar refractivity (Wildman–Crippen MR) is 98.4 cm³/mol. The summed E-state index contributed by atoms with van der Waals surface area (Å²) in [5, 5.41) is 0. The molecule has 0 aliphatic carbocycles. The zero-order chi connectivity index (χ0) is 18.3. The van der Waals surface area contributed by atoms with E-state index in [1.165, 1.54) is 10.6 Å². The van der Waals surface area contributed by atoms with E-state index in [9.17, 15) is 13.2 Å². The van der Waals surface area contributed by atoms with Gasteiger partial charge in [0.2, 0.25) is 15.9 Å². The summed E-state index contributed by atoms with van der Waals surface area (Å²) in [6.07, 6.45) is 2.04. The Morgan fingerprint density at radius 1 is 1.16 bits per heavy atom. The van der Waals surface area contributed by atoms with Crippen LogP contribution in [0.5, 0.6) is 0 Å². The molecule has 0 aromatic heterocycles. The highest BCUT2D eigenvalue weighted by Crippen LogP contribution is 2.09. The molecule has 2 rings (SSSR count). The van der Waals surface area contributed by atoms with Crippen LogP contribution < -0.4 is 5.73 Å². The van der Waals surface area contributed by atoms with Gasteiger partial charge in [0.15, 0.2) is 0 Å². The number of amides is 1. The molecule has 140 valence electrons. The molecule has 25 heavy (non-hydrogen) atoms. The fourth-order valence-corrected chi connectivity index (χ4v) is 3.76. The summed E-state index contributed by atoms with van der Waals surface area (Å²) >= 11 is 0. The van der Waals surface area contributed by atoms with Crippen LogP contribution in [-0.4, -0.2) is 80.5 Å². The van der Waals surface area contributed by atoms with E-state index in [0.29, 0.717) is 45.8 Å². The van der Waals surface area contributed by atoms with Gasteiger partial charge in [0.05, 0.1) is 12.8 Å². The molecule has 2 N–H and O–H groups in total. The molecule has 0 spiro atoms. The average molecular weight is 369 g/mol. The fraction of sp³-hybridized carbons (Fsp3) is 0.588. The first-order valence-corrected chi connectivity index (χ1v) is 10.4. The number of hydrogen-bond acceptors (Lipinski definition) is 5. The normalized spacial score (nSPS) is 16.4. The highest BCUT2D eigenvalue weighted by molar-refractivity contribution is 7.88. The number of nitrogens with zero attached hydrogens (tertiary/aromatic N) is 3. The van der Waals surface area contributed by atoms with E-state index in [-0.39, 0.29) is 5.91 Å². The van der Waals surface area contributed by atoms with Gasteiger partial charge in [0.1, 0.15) is 0 Å². The maximum atomic E-state index is 12.6. The van der Waals surface area contributed by atoms with Crippen LogP contribution in [0.1, 0.15) is 12.0 Å². The van der Waals surface area contributed by atoms with Gasteiger partial charge in [-0.2, -0.15) is 4.31 Å². The summed E-state index contributed by atoms with van der Waals surface area (Å²) in [6.45, 7) is 4.01. The Morgan fingerprint density at radius 3 is 2.36 bits per heavy atom. The van der Waals surface area contributed by atoms with E-state index < -0.39 is 10.0 Å². The van der Waals surface area contributed by atoms with E-state index in [0.717, 1.165) is 18.5 Å². The fourth-order valence-electron chi connectivity index (χ4n) is 2.93. The van der Waals surface area contributed by atoms with Crippen molar-refractivity contribution >= 4 is 15.9 Å². The SMILES string of the molecule is CS(=O)(=O)N1CCN(C(=O)CN(CCCN)Cc2ccccc2)CC1. The van der Waals surface area contributed by atoms with Crippen LogP contribution in [-0.2, 0) is 21.4 Å². The molecule has 7 nitrogen and oxygen atoms in total. The first-order chi connectivity index (χ1) is 11.9. The van der Waals surface area contributed by atoms with E-state index in [2.05, 4.69) is 4.90 Å². The van der Waals surface area contributed by atoms with Gasteiger partial charge in [-0.05, 0) is 18.5 Å². The average Bonchev–Trinajstić information content (AvgIpc) is 2.60. The quantitative estimate of drug-likeness (QED) is 0.695. The van der Waals surface area contributed by atoms with Gasteiger partial charge in [0.25, 0.3) is 0 Å². The number of hydrogen-bond donors (Lipinski definition) is 1. The lowest BCUT2D eigenvalue weighted by molar-refractivity contribution is -0.133. The van der Waals surface area contributed by atoms with Gasteiger partial charge in [-0.1, -0.05) is 30.3 Å². The smallest absolute Gasteiger partial charge is 0.236 e. The van der Waals surface area contributed by atoms with Gasteiger partial charge in [-0.15, -0.1) is 0 Å². The van der Waals surface area contributed by atoms with Crippen LogP contribution >= 0.6 is 0 Å². The molecule has 1 saturated heterocycles. The standard InChI is InChI=1S/C17H28N4O3S/c1-25(23,24)21-12-10-20(11-13-21)17(22)15-19(9-5-8-18)14-16-6-3-2-4-7-16/h2-4,6-7H,5,8-15,18H2,1H3. The molecule has 1 aromatic rings. The number of sulfonamides is 1. The number of benzene rings is 1. The van der Waals surface area contributed by atoms with Gasteiger partial charge in [-0.25, -0.2) is 8.42 Å². The third-order valence-electron chi connectivity index (χ3n) is 4.35. The van der Waals surface area contributed by atoms with Crippen LogP contribution in [0.4, 0.5) is 0 Å². The van der Waals surface area contributed by atoms with Crippen molar-refractivity contribution in [3.63, 3.8) is 0 Å². The molecule has 1 fully saturated rings. The first kappa shape index (κ1) is 19.8. The van der Waals surface area contributed by atoms with Crippen molar-refractivity contribution in [2.75, 3.05) is 52.1 Å². The largest absolute Gasteiger partial charge is 0.339 e. The molecule has 0 radical (unpaired) electrons. The Hall–Kier alpha value is -1.48. The summed E-state index contributed by atoms with van der Waals surface area (Å²) < 4.78 is 24.6. The van der Waals surface area contributed by atoms with Gasteiger partial charge in [0, 0.05) is 39.3 Å². The number of rotatable bonds is 8. The molecule has 8 heteroatoms. The molecule has 0 saturated carbocycles. The highest BCUT2D eigenvalue weighted by atomic mass is 32.2. The summed E-state index contributed by atoms with van der Waals surface area (Å²) in [4.78, 5) is 16.5. The molecule has 0 atom stereocenters. The van der Waals surface area contributed by atoms with Crippen molar-refractivity contribution in [3.8, 4) is 0 Å². The Balaban J connectivity index is 1.90. The van der Waals surface area contributed by atoms with Crippen LogP contribution in [0.25, 0.3) is 0 Å². The predicted octanol–water partition coefficient (Wildman–Crippen LogP) is -0.0588. The van der Waals surface area contributed by atoms with E-state index in [1.54, 1.807) is 4.90 Å². The second-order valence-corrected chi connectivity index (χ2v) is 8.36. The minimum Gasteiger partial charge on any atom is -0.339 e. The van der Waals surface area contributed by atoms with Gasteiger partial charge < -0.3 is 10.6 Å². The zero-order valence-corrected chi connectivity index (χ0v) is 15.6. The number of piperazine rings is 1. The summed E-state index contributed by atoms with van der Waals surface area (Å²) in [6, 6.07) is 10.0. The Morgan fingerprint density at radius 2 is 1.80 bits per heavy atom. The molecule has 0 unspecified atom stereocenters. The lowest BCUT2D eigenvalue weighted by atomic mass is 10.2. The van der Waals surface area contributed by atoms with Crippen molar-refractivity contribution < 1.29 is 13.2 Å². The highest BCUT2D eigenvalue weighted by Gasteiger charge is 2.26. The van der Waals surface area contributed by atoms with Crippen molar-refractivity contribution in [3.05, 3.63) is 35.9 Å². The van der Waals surface area contributed by atoms with E-state index in [1.807, 2.05) is 30.3 Å². The lowest BCUT2D eigenvalue weighted by Crippen LogP contribution is -2.52. The van der Waals surface area contributed by atoms with Gasteiger partial charge >= 0.3 is 0 Å². The van der Waals surface area contributed by atoms with Crippen LogP contribution in [0.3, 0.4) is 0 Å². The second kappa shape index (κ2) is 9.28. The molecular formula is C17H28N4O3S. The Bertz CT molecular complexity index is 643. The number of carbonyl (C=O) groups excluding carboxylic acids is 1. The van der Waals surface area contributed by atoms with E-state index >= 15 is 0 Å². The van der Waals surface area contributed by atoms with Gasteiger partial charge in [-0.3, -0.25) is 9.69 Å². The lowest BCUT2D eigenvalue weighted by Gasteiger charge is -2.34. The van der Waals surface area contributed by atoms with Crippen molar-refractivity contribution in [2.24, 2.45) is 5.73 Å². The summed E-state index contributed by atoms with van der Waals surface area (Å²) in [7, 11) is -3.18. The molecule has 1 aromatic carbocycles. The molecule has 1 aliphatic rings. The monoisotopic (exact) mass is 368 g/mol. The third kappa shape index (κ3) is 6.39. The maximum Gasteiger partial charge on any atom is 0.236 e. The minimum atomic E-state index is -3.18. The zero-order valence-electron chi connectivity index (χ0n) is 14.8. The Kier molecular flexibility index (Phi) is 7.37. The number of nitrogens with two attached hydrogens (primary N) is 1. The van der Waals surface area contributed by atoms with Crippen molar-refractivity contribution in [1.29, 1.82) is 0 Å². The molecular weight excluding hydrogens is 340 g/mol.